The van der Waals surface area contributed by atoms with Gasteiger partial charge in [0.05, 0.1) is 0 Å². The molecule has 1 aliphatic rings. The molecule has 0 aromatic rings. The van der Waals surface area contributed by atoms with Crippen LogP contribution in [0.5, 0.6) is 0 Å². The van der Waals surface area contributed by atoms with E-state index in [-0.39, 0.29) is 5.37 Å². The molecular formula is C6H9NOSSe. The molecule has 0 aromatic carbocycles. The summed E-state index contributed by atoms with van der Waals surface area (Å²) in [7, 11) is 0. The third kappa shape index (κ3) is 2.47. The zero-order chi connectivity index (χ0) is 7.40. The van der Waals surface area contributed by atoms with Gasteiger partial charge in [-0.2, -0.15) is 0 Å². The van der Waals surface area contributed by atoms with Gasteiger partial charge in [0.25, 0.3) is 0 Å². The first-order chi connectivity index (χ1) is 4.83. The predicted octanol–water partition coefficient (Wildman–Crippen LogP) is 1.32. The normalized spacial score (nSPS) is 32.9. The SMILES string of the molecule is CC1C[Se]CC(N=C=O)S1. The van der Waals surface area contributed by atoms with Crippen LogP contribution in [0.15, 0.2) is 4.99 Å². The summed E-state index contributed by atoms with van der Waals surface area (Å²) in [6.45, 7) is 2.19. The van der Waals surface area contributed by atoms with Crippen molar-refractivity contribution in [1.29, 1.82) is 0 Å². The summed E-state index contributed by atoms with van der Waals surface area (Å²) in [4.78, 5) is 13.6. The fourth-order valence-corrected chi connectivity index (χ4v) is 5.16. The standard InChI is InChI=1S/C6H9NOSSe/c1-5-2-10-3-6(9-5)7-4-8/h5-6H,2-3H2,1H3. The molecule has 1 heterocycles. The van der Waals surface area contributed by atoms with Crippen LogP contribution in [0.2, 0.25) is 10.6 Å². The Kier molecular flexibility index (Phi) is 3.50. The Bertz CT molecular complexity index is 158. The molecule has 10 heavy (non-hydrogen) atoms. The Morgan fingerprint density at radius 2 is 2.50 bits per heavy atom. The molecule has 0 saturated carbocycles. The average Bonchev–Trinajstić information content (AvgIpc) is 1.88. The van der Waals surface area contributed by atoms with E-state index in [1.54, 1.807) is 17.8 Å². The second kappa shape index (κ2) is 4.20. The molecule has 1 fully saturated rings. The Hall–Kier alpha value is 0.249. The van der Waals surface area contributed by atoms with Gasteiger partial charge < -0.3 is 0 Å². The summed E-state index contributed by atoms with van der Waals surface area (Å²) < 4.78 is 0. The van der Waals surface area contributed by atoms with Crippen molar-refractivity contribution in [3.63, 3.8) is 0 Å². The van der Waals surface area contributed by atoms with Crippen LogP contribution in [-0.2, 0) is 4.79 Å². The van der Waals surface area contributed by atoms with Crippen molar-refractivity contribution in [3.05, 3.63) is 0 Å². The van der Waals surface area contributed by atoms with E-state index in [0.717, 1.165) is 5.32 Å². The molecule has 1 aliphatic heterocycles. The molecule has 0 radical (unpaired) electrons. The van der Waals surface area contributed by atoms with Gasteiger partial charge in [0.1, 0.15) is 0 Å². The summed E-state index contributed by atoms with van der Waals surface area (Å²) >= 11 is 2.50. The maximum absolute atomic E-state index is 9.88. The molecule has 2 unspecified atom stereocenters. The first kappa shape index (κ1) is 8.35. The third-order valence-electron chi connectivity index (χ3n) is 1.20. The van der Waals surface area contributed by atoms with Crippen molar-refractivity contribution in [2.24, 2.45) is 4.99 Å². The molecule has 0 bridgehead atoms. The Morgan fingerprint density at radius 1 is 1.70 bits per heavy atom. The number of hydrogen-bond donors (Lipinski definition) is 0. The number of thioether (sulfide) groups is 1. The van der Waals surface area contributed by atoms with Crippen molar-refractivity contribution >= 4 is 32.8 Å². The second-order valence-corrected chi connectivity index (χ2v) is 6.04. The van der Waals surface area contributed by atoms with Crippen LogP contribution in [0.4, 0.5) is 0 Å². The summed E-state index contributed by atoms with van der Waals surface area (Å²) in [5.74, 6) is 0. The molecule has 4 heteroatoms. The molecule has 0 N–H and O–H groups in total. The summed E-state index contributed by atoms with van der Waals surface area (Å²) in [5.41, 5.74) is 0. The van der Waals surface area contributed by atoms with Gasteiger partial charge >= 0.3 is 70.8 Å². The zero-order valence-electron chi connectivity index (χ0n) is 5.74. The first-order valence-electron chi connectivity index (χ1n) is 3.13. The van der Waals surface area contributed by atoms with Crippen molar-refractivity contribution in [2.75, 3.05) is 0 Å². The van der Waals surface area contributed by atoms with Crippen LogP contribution >= 0.6 is 11.8 Å². The van der Waals surface area contributed by atoms with E-state index in [0.29, 0.717) is 20.2 Å². The molecule has 2 atom stereocenters. The Balaban J connectivity index is 2.39. The van der Waals surface area contributed by atoms with Gasteiger partial charge in [0, 0.05) is 0 Å². The molecule has 56 valence electrons. The molecular weight excluding hydrogens is 213 g/mol. The van der Waals surface area contributed by atoms with Crippen LogP contribution in [0.3, 0.4) is 0 Å². The van der Waals surface area contributed by atoms with E-state index in [4.69, 9.17) is 0 Å². The van der Waals surface area contributed by atoms with Crippen molar-refractivity contribution < 1.29 is 4.79 Å². The fourth-order valence-electron chi connectivity index (χ4n) is 0.808. The van der Waals surface area contributed by atoms with Gasteiger partial charge in [-0.05, 0) is 0 Å². The van der Waals surface area contributed by atoms with E-state index in [9.17, 15) is 4.79 Å². The summed E-state index contributed by atoms with van der Waals surface area (Å²) in [6.07, 6.45) is 1.62. The molecule has 2 nitrogen and oxygen atoms in total. The zero-order valence-corrected chi connectivity index (χ0v) is 8.27. The topological polar surface area (TPSA) is 29.4 Å². The monoisotopic (exact) mass is 223 g/mol. The second-order valence-electron chi connectivity index (χ2n) is 2.16. The van der Waals surface area contributed by atoms with Crippen LogP contribution < -0.4 is 0 Å². The number of hydrogen-bond acceptors (Lipinski definition) is 3. The number of rotatable bonds is 1. The van der Waals surface area contributed by atoms with Crippen LogP contribution in [0, 0.1) is 0 Å². The first-order valence-corrected chi connectivity index (χ1v) is 6.49. The van der Waals surface area contributed by atoms with E-state index in [1.807, 2.05) is 0 Å². The quantitative estimate of drug-likeness (QED) is 0.380. The van der Waals surface area contributed by atoms with Crippen LogP contribution in [0.1, 0.15) is 6.92 Å². The Morgan fingerprint density at radius 3 is 3.10 bits per heavy atom. The summed E-state index contributed by atoms with van der Waals surface area (Å²) in [5, 5.41) is 3.34. The summed E-state index contributed by atoms with van der Waals surface area (Å²) in [6, 6.07) is 0. The van der Waals surface area contributed by atoms with E-state index in [2.05, 4.69) is 11.9 Å². The van der Waals surface area contributed by atoms with E-state index < -0.39 is 0 Å². The van der Waals surface area contributed by atoms with E-state index in [1.165, 1.54) is 5.32 Å². The average molecular weight is 222 g/mol. The van der Waals surface area contributed by atoms with Gasteiger partial charge in [-0.25, -0.2) is 0 Å². The van der Waals surface area contributed by atoms with Gasteiger partial charge in [0.15, 0.2) is 0 Å². The van der Waals surface area contributed by atoms with Gasteiger partial charge in [-0.1, -0.05) is 0 Å². The van der Waals surface area contributed by atoms with Crippen LogP contribution in [-0.4, -0.2) is 31.7 Å². The molecule has 0 amide bonds. The Labute approximate surface area is 71.0 Å². The molecule has 0 aliphatic carbocycles. The minimum atomic E-state index is 0.223. The number of carbonyl (C=O) groups excluding carboxylic acids is 1. The molecule has 1 rings (SSSR count). The van der Waals surface area contributed by atoms with Crippen LogP contribution in [0.25, 0.3) is 0 Å². The number of aliphatic imine (C=N–C) groups is 1. The fraction of sp³-hybridized carbons (Fsp3) is 0.833. The number of isocyanates is 1. The van der Waals surface area contributed by atoms with Crippen molar-refractivity contribution in [1.82, 2.24) is 0 Å². The van der Waals surface area contributed by atoms with Crippen molar-refractivity contribution in [3.8, 4) is 0 Å². The van der Waals surface area contributed by atoms with Gasteiger partial charge in [0.2, 0.25) is 0 Å². The molecule has 1 saturated heterocycles. The minimum absolute atomic E-state index is 0.223. The van der Waals surface area contributed by atoms with Crippen molar-refractivity contribution in [2.45, 2.75) is 28.2 Å². The predicted molar refractivity (Wildman–Crippen MR) is 44.3 cm³/mol. The third-order valence-corrected chi connectivity index (χ3v) is 6.07. The molecule has 0 spiro atoms. The van der Waals surface area contributed by atoms with Gasteiger partial charge in [-0.15, -0.1) is 0 Å². The number of nitrogens with zero attached hydrogens (tertiary/aromatic N) is 1. The van der Waals surface area contributed by atoms with E-state index >= 15 is 0 Å². The van der Waals surface area contributed by atoms with Gasteiger partial charge in [-0.3, -0.25) is 0 Å². The molecule has 0 aromatic heterocycles. The maximum atomic E-state index is 9.88.